The number of nitrogens with zero attached hydrogens (tertiary/aromatic N) is 2. The quantitative estimate of drug-likeness (QED) is 0.927. The van der Waals surface area contributed by atoms with E-state index in [1.54, 1.807) is 12.1 Å². The number of anilines is 1. The molecular weight excluding hydrogens is 308 g/mol. The molecule has 0 aliphatic carbocycles. The Bertz CT molecular complexity index is 479. The van der Waals surface area contributed by atoms with Crippen LogP contribution in [0.25, 0.3) is 0 Å². The Morgan fingerprint density at radius 2 is 2.16 bits per heavy atom. The van der Waals surface area contributed by atoms with Crippen molar-refractivity contribution in [1.29, 1.82) is 0 Å². The van der Waals surface area contributed by atoms with E-state index in [-0.39, 0.29) is 0 Å². The lowest BCUT2D eigenvalue weighted by atomic mass is 10.1. The Morgan fingerprint density at radius 3 is 2.74 bits per heavy atom. The Balaban J connectivity index is 2.21. The van der Waals surface area contributed by atoms with Crippen molar-refractivity contribution < 1.29 is 9.90 Å². The third-order valence-electron chi connectivity index (χ3n) is 3.67. The van der Waals surface area contributed by atoms with Crippen molar-refractivity contribution in [1.82, 2.24) is 4.90 Å². The number of benzene rings is 1. The van der Waals surface area contributed by atoms with E-state index in [2.05, 4.69) is 39.6 Å². The molecule has 1 saturated heterocycles. The van der Waals surface area contributed by atoms with Crippen molar-refractivity contribution in [2.24, 2.45) is 0 Å². The number of likely N-dealkylation sites (N-methyl/N-ethyl adjacent to an activating group) is 1. The van der Waals surface area contributed by atoms with Crippen molar-refractivity contribution >= 4 is 27.6 Å². The summed E-state index contributed by atoms with van der Waals surface area (Å²) in [4.78, 5) is 15.8. The molecule has 1 unspecified atom stereocenters. The Morgan fingerprint density at radius 1 is 1.42 bits per heavy atom. The molecule has 1 heterocycles. The van der Waals surface area contributed by atoms with E-state index in [9.17, 15) is 4.79 Å². The minimum Gasteiger partial charge on any atom is -0.478 e. The molecule has 5 heteroatoms. The molecule has 1 fully saturated rings. The van der Waals surface area contributed by atoms with Crippen LogP contribution in [0, 0.1) is 0 Å². The molecule has 0 amide bonds. The van der Waals surface area contributed by atoms with E-state index in [1.165, 1.54) is 0 Å². The highest BCUT2D eigenvalue weighted by molar-refractivity contribution is 9.10. The van der Waals surface area contributed by atoms with Gasteiger partial charge in [-0.3, -0.25) is 4.90 Å². The molecule has 0 aromatic heterocycles. The zero-order valence-electron chi connectivity index (χ0n) is 11.3. The molecule has 19 heavy (non-hydrogen) atoms. The van der Waals surface area contributed by atoms with Crippen LogP contribution in [-0.2, 0) is 0 Å². The van der Waals surface area contributed by atoms with Crippen LogP contribution in [0.4, 0.5) is 5.69 Å². The fraction of sp³-hybridized carbons (Fsp3) is 0.500. The van der Waals surface area contributed by atoms with Gasteiger partial charge in [-0.1, -0.05) is 22.9 Å². The van der Waals surface area contributed by atoms with Crippen molar-refractivity contribution in [2.75, 3.05) is 31.1 Å². The van der Waals surface area contributed by atoms with Gasteiger partial charge in [-0.2, -0.15) is 0 Å². The van der Waals surface area contributed by atoms with Crippen molar-refractivity contribution in [3.05, 3.63) is 28.2 Å². The van der Waals surface area contributed by atoms with Crippen LogP contribution in [0.1, 0.15) is 24.2 Å². The van der Waals surface area contributed by atoms with Crippen LogP contribution in [0.5, 0.6) is 0 Å². The van der Waals surface area contributed by atoms with Crippen molar-refractivity contribution in [2.45, 2.75) is 19.9 Å². The number of rotatable bonds is 3. The molecule has 0 radical (unpaired) electrons. The fourth-order valence-electron chi connectivity index (χ4n) is 2.58. The predicted molar refractivity (Wildman–Crippen MR) is 80.0 cm³/mol. The smallest absolute Gasteiger partial charge is 0.335 e. The van der Waals surface area contributed by atoms with Gasteiger partial charge in [0.2, 0.25) is 0 Å². The summed E-state index contributed by atoms with van der Waals surface area (Å²) in [5.41, 5.74) is 1.31. The molecule has 1 aliphatic rings. The largest absolute Gasteiger partial charge is 0.478 e. The number of hydrogen-bond donors (Lipinski definition) is 1. The molecule has 1 N–H and O–H groups in total. The van der Waals surface area contributed by atoms with Gasteiger partial charge in [0.15, 0.2) is 0 Å². The summed E-state index contributed by atoms with van der Waals surface area (Å²) in [5.74, 6) is -0.886. The van der Waals surface area contributed by atoms with Gasteiger partial charge in [0.1, 0.15) is 0 Å². The lowest BCUT2D eigenvalue weighted by Crippen LogP contribution is -2.51. The minimum absolute atomic E-state index is 0.329. The summed E-state index contributed by atoms with van der Waals surface area (Å²) < 4.78 is 0.813. The highest BCUT2D eigenvalue weighted by atomic mass is 79.9. The number of aromatic carboxylic acids is 1. The summed E-state index contributed by atoms with van der Waals surface area (Å²) in [6.45, 7) is 8.34. The standard InChI is InChI=1S/C14H19BrN2O2/c1-3-16-4-5-17(9-10(16)2)13-7-11(14(18)19)6-12(15)8-13/h6-8,10H,3-5,9H2,1-2H3,(H,18,19). The SMILES string of the molecule is CCN1CCN(c2cc(Br)cc(C(=O)O)c2)CC1C. The molecule has 1 aliphatic heterocycles. The summed E-state index contributed by atoms with van der Waals surface area (Å²) in [7, 11) is 0. The number of halogens is 1. The van der Waals surface area contributed by atoms with Crippen molar-refractivity contribution in [3.63, 3.8) is 0 Å². The van der Waals surface area contributed by atoms with Crippen LogP contribution >= 0.6 is 15.9 Å². The van der Waals surface area contributed by atoms with E-state index >= 15 is 0 Å². The van der Waals surface area contributed by atoms with Gasteiger partial charge in [-0.15, -0.1) is 0 Å². The Hall–Kier alpha value is -1.07. The summed E-state index contributed by atoms with van der Waals surface area (Å²) in [5, 5.41) is 9.12. The van der Waals surface area contributed by atoms with E-state index in [0.29, 0.717) is 11.6 Å². The van der Waals surface area contributed by atoms with Crippen LogP contribution < -0.4 is 4.90 Å². The maximum atomic E-state index is 11.1. The second-order valence-corrected chi connectivity index (χ2v) is 5.84. The molecule has 104 valence electrons. The van der Waals surface area contributed by atoms with E-state index in [1.807, 2.05) is 6.07 Å². The van der Waals surface area contributed by atoms with Gasteiger partial charge in [-0.25, -0.2) is 4.79 Å². The van der Waals surface area contributed by atoms with Crippen molar-refractivity contribution in [3.8, 4) is 0 Å². The van der Waals surface area contributed by atoms with Crippen LogP contribution in [-0.4, -0.2) is 48.2 Å². The second-order valence-electron chi connectivity index (χ2n) is 4.93. The van der Waals surface area contributed by atoms with Gasteiger partial charge in [-0.05, 0) is 31.7 Å². The fourth-order valence-corrected chi connectivity index (χ4v) is 3.06. The maximum absolute atomic E-state index is 11.1. The van der Waals surface area contributed by atoms with E-state index in [0.717, 1.165) is 36.3 Å². The predicted octanol–water partition coefficient (Wildman–Crippen LogP) is 2.68. The van der Waals surface area contributed by atoms with Gasteiger partial charge in [0.25, 0.3) is 0 Å². The van der Waals surface area contributed by atoms with Gasteiger partial charge >= 0.3 is 5.97 Å². The molecule has 1 atom stereocenters. The van der Waals surface area contributed by atoms with E-state index in [4.69, 9.17) is 5.11 Å². The first-order chi connectivity index (χ1) is 9.01. The number of piperazine rings is 1. The minimum atomic E-state index is -0.886. The lowest BCUT2D eigenvalue weighted by Gasteiger charge is -2.40. The normalized spacial score (nSPS) is 20.6. The first-order valence-electron chi connectivity index (χ1n) is 6.54. The summed E-state index contributed by atoms with van der Waals surface area (Å²) in [6.07, 6.45) is 0. The number of hydrogen-bond acceptors (Lipinski definition) is 3. The number of carboxylic acids is 1. The molecular formula is C14H19BrN2O2. The molecule has 0 spiro atoms. The molecule has 1 aromatic carbocycles. The summed E-state index contributed by atoms with van der Waals surface area (Å²) >= 11 is 3.39. The average Bonchev–Trinajstić information content (AvgIpc) is 2.37. The van der Waals surface area contributed by atoms with Gasteiger partial charge < -0.3 is 10.0 Å². The van der Waals surface area contributed by atoms with E-state index < -0.39 is 5.97 Å². The highest BCUT2D eigenvalue weighted by Crippen LogP contribution is 2.25. The van der Waals surface area contributed by atoms with Gasteiger partial charge in [0, 0.05) is 35.8 Å². The molecule has 4 nitrogen and oxygen atoms in total. The summed E-state index contributed by atoms with van der Waals surface area (Å²) in [6, 6.07) is 5.87. The van der Waals surface area contributed by atoms with Crippen LogP contribution in [0.15, 0.2) is 22.7 Å². The number of carbonyl (C=O) groups is 1. The highest BCUT2D eigenvalue weighted by Gasteiger charge is 2.23. The zero-order chi connectivity index (χ0) is 14.0. The molecule has 0 saturated carbocycles. The average molecular weight is 327 g/mol. The third kappa shape index (κ3) is 3.28. The monoisotopic (exact) mass is 326 g/mol. The lowest BCUT2D eigenvalue weighted by molar-refractivity contribution is 0.0697. The van der Waals surface area contributed by atoms with Gasteiger partial charge in [0.05, 0.1) is 5.56 Å². The Labute approximate surface area is 122 Å². The third-order valence-corrected chi connectivity index (χ3v) is 4.12. The van der Waals surface area contributed by atoms with Crippen LogP contribution in [0.2, 0.25) is 0 Å². The maximum Gasteiger partial charge on any atom is 0.335 e. The molecule has 1 aromatic rings. The molecule has 0 bridgehead atoms. The first-order valence-corrected chi connectivity index (χ1v) is 7.33. The first kappa shape index (κ1) is 14.3. The van der Waals surface area contributed by atoms with Crippen LogP contribution in [0.3, 0.4) is 0 Å². The zero-order valence-corrected chi connectivity index (χ0v) is 12.9. The topological polar surface area (TPSA) is 43.8 Å². The number of carboxylic acid groups (broad SMARTS) is 1. The Kier molecular flexibility index (Phi) is 4.47. The second kappa shape index (κ2) is 5.92. The molecule has 2 rings (SSSR count).